The van der Waals surface area contributed by atoms with Crippen molar-refractivity contribution in [1.82, 2.24) is 9.58 Å². The Kier molecular flexibility index (Phi) is 4.07. The second-order valence-corrected chi connectivity index (χ2v) is 3.70. The lowest BCUT2D eigenvalue weighted by Crippen LogP contribution is -2.33. The molecule has 0 radical (unpaired) electrons. The Morgan fingerprint density at radius 3 is 2.75 bits per heavy atom. The summed E-state index contributed by atoms with van der Waals surface area (Å²) in [6, 6.07) is 2.72. The number of hydrogen-bond acceptors (Lipinski definition) is 4. The fourth-order valence-corrected chi connectivity index (χ4v) is 1.15. The van der Waals surface area contributed by atoms with Gasteiger partial charge in [-0.15, -0.1) is 0 Å². The van der Waals surface area contributed by atoms with E-state index in [1.54, 1.807) is 0 Å². The van der Waals surface area contributed by atoms with E-state index in [9.17, 15) is 9.59 Å². The number of likely N-dealkylation sites (N-methyl/N-ethyl adjacent to an activating group) is 1. The van der Waals surface area contributed by atoms with E-state index in [-0.39, 0.29) is 5.56 Å². The third kappa shape index (κ3) is 3.39. The topological polar surface area (TPSA) is 80.4 Å². The van der Waals surface area contributed by atoms with Crippen LogP contribution in [0.5, 0.6) is 0 Å². The SMILES string of the molecule is CN(C)CCNn1cc(C(N)=O)ccc1=O. The molecular weight excluding hydrogens is 208 g/mol. The lowest BCUT2D eigenvalue weighted by atomic mass is 10.3. The Hall–Kier alpha value is -1.82. The summed E-state index contributed by atoms with van der Waals surface area (Å²) in [7, 11) is 3.87. The third-order valence-electron chi connectivity index (χ3n) is 2.04. The van der Waals surface area contributed by atoms with Gasteiger partial charge in [0.2, 0.25) is 5.91 Å². The molecule has 0 aromatic carbocycles. The van der Waals surface area contributed by atoms with Crippen molar-refractivity contribution >= 4 is 5.91 Å². The van der Waals surface area contributed by atoms with Crippen LogP contribution in [0.4, 0.5) is 0 Å². The van der Waals surface area contributed by atoms with Crippen molar-refractivity contribution in [1.29, 1.82) is 0 Å². The number of nitrogens with two attached hydrogens (primary N) is 1. The molecule has 0 atom stereocenters. The number of carbonyl (C=O) groups excluding carboxylic acids is 1. The van der Waals surface area contributed by atoms with Crippen LogP contribution in [-0.4, -0.2) is 42.7 Å². The fourth-order valence-electron chi connectivity index (χ4n) is 1.15. The van der Waals surface area contributed by atoms with Crippen LogP contribution >= 0.6 is 0 Å². The maximum absolute atomic E-state index is 11.4. The fraction of sp³-hybridized carbons (Fsp3) is 0.400. The van der Waals surface area contributed by atoms with E-state index in [1.807, 2.05) is 19.0 Å². The zero-order chi connectivity index (χ0) is 12.1. The van der Waals surface area contributed by atoms with Gasteiger partial charge in [-0.2, -0.15) is 0 Å². The molecule has 16 heavy (non-hydrogen) atoms. The van der Waals surface area contributed by atoms with Crippen LogP contribution in [0.3, 0.4) is 0 Å². The normalized spacial score (nSPS) is 10.4. The minimum absolute atomic E-state index is 0.219. The lowest BCUT2D eigenvalue weighted by Gasteiger charge is -2.13. The van der Waals surface area contributed by atoms with Gasteiger partial charge in [0.15, 0.2) is 0 Å². The Bertz CT molecular complexity index is 425. The summed E-state index contributed by atoms with van der Waals surface area (Å²) in [5.74, 6) is -0.553. The van der Waals surface area contributed by atoms with Crippen LogP contribution in [0.15, 0.2) is 23.1 Å². The number of carbonyl (C=O) groups is 1. The van der Waals surface area contributed by atoms with E-state index >= 15 is 0 Å². The number of aromatic nitrogens is 1. The van der Waals surface area contributed by atoms with Crippen LogP contribution in [0.2, 0.25) is 0 Å². The first-order valence-corrected chi connectivity index (χ1v) is 4.92. The molecule has 0 spiro atoms. The molecule has 0 unspecified atom stereocenters. The molecule has 6 nitrogen and oxygen atoms in total. The lowest BCUT2D eigenvalue weighted by molar-refractivity contribution is 0.0999. The van der Waals surface area contributed by atoms with Gasteiger partial charge in [-0.1, -0.05) is 0 Å². The van der Waals surface area contributed by atoms with Crippen molar-refractivity contribution in [3.8, 4) is 0 Å². The molecule has 0 saturated heterocycles. The molecule has 1 aromatic rings. The summed E-state index contributed by atoms with van der Waals surface area (Å²) in [5.41, 5.74) is 8.10. The summed E-state index contributed by atoms with van der Waals surface area (Å²) < 4.78 is 1.27. The van der Waals surface area contributed by atoms with Crippen LogP contribution in [0, 0.1) is 0 Å². The van der Waals surface area contributed by atoms with Gasteiger partial charge in [-0.3, -0.25) is 9.59 Å². The number of primary amides is 1. The number of hydrogen-bond donors (Lipinski definition) is 2. The number of nitrogens with one attached hydrogen (secondary N) is 1. The highest BCUT2D eigenvalue weighted by Gasteiger charge is 2.02. The highest BCUT2D eigenvalue weighted by molar-refractivity contribution is 5.92. The molecule has 0 saturated carbocycles. The molecule has 3 N–H and O–H groups in total. The molecule has 1 amide bonds. The summed E-state index contributed by atoms with van der Waals surface area (Å²) in [5, 5.41) is 0. The van der Waals surface area contributed by atoms with E-state index < -0.39 is 5.91 Å². The minimum Gasteiger partial charge on any atom is -0.366 e. The predicted octanol–water partition coefficient (Wildman–Crippen LogP) is -0.948. The minimum atomic E-state index is -0.553. The number of rotatable bonds is 5. The van der Waals surface area contributed by atoms with Crippen LogP contribution in [0.1, 0.15) is 10.4 Å². The summed E-state index contributed by atoms with van der Waals surface area (Å²) >= 11 is 0. The van der Waals surface area contributed by atoms with E-state index in [0.29, 0.717) is 12.1 Å². The maximum atomic E-state index is 11.4. The van der Waals surface area contributed by atoms with Gasteiger partial charge in [0.1, 0.15) is 0 Å². The standard InChI is InChI=1S/C10H16N4O2/c1-13(2)6-5-12-14-7-8(10(11)16)3-4-9(14)15/h3-4,7,12H,5-6H2,1-2H3,(H2,11,16). The molecule has 6 heteroatoms. The average molecular weight is 224 g/mol. The summed E-state index contributed by atoms with van der Waals surface area (Å²) in [4.78, 5) is 24.3. The van der Waals surface area contributed by atoms with Gasteiger partial charge >= 0.3 is 0 Å². The van der Waals surface area contributed by atoms with Gasteiger partial charge in [0, 0.05) is 25.4 Å². The first-order valence-electron chi connectivity index (χ1n) is 4.92. The van der Waals surface area contributed by atoms with Crippen molar-refractivity contribution in [2.75, 3.05) is 32.6 Å². The Labute approximate surface area is 93.6 Å². The van der Waals surface area contributed by atoms with Crippen molar-refractivity contribution in [3.05, 3.63) is 34.2 Å². The van der Waals surface area contributed by atoms with Crippen LogP contribution in [-0.2, 0) is 0 Å². The third-order valence-corrected chi connectivity index (χ3v) is 2.04. The number of amides is 1. The summed E-state index contributed by atoms with van der Waals surface area (Å²) in [6.07, 6.45) is 1.40. The van der Waals surface area contributed by atoms with E-state index in [4.69, 9.17) is 5.73 Å². The molecule has 88 valence electrons. The molecule has 0 aliphatic carbocycles. The second-order valence-electron chi connectivity index (χ2n) is 3.70. The van der Waals surface area contributed by atoms with Gasteiger partial charge in [-0.25, -0.2) is 4.68 Å². The zero-order valence-corrected chi connectivity index (χ0v) is 9.43. The number of pyridine rings is 1. The van der Waals surface area contributed by atoms with E-state index in [2.05, 4.69) is 5.43 Å². The Morgan fingerprint density at radius 2 is 2.19 bits per heavy atom. The monoisotopic (exact) mass is 224 g/mol. The highest BCUT2D eigenvalue weighted by Crippen LogP contribution is 1.92. The first kappa shape index (κ1) is 12.3. The van der Waals surface area contributed by atoms with Crippen molar-refractivity contribution < 1.29 is 4.79 Å². The van der Waals surface area contributed by atoms with Crippen molar-refractivity contribution in [2.24, 2.45) is 5.73 Å². The molecule has 0 aliphatic heterocycles. The molecule has 1 aromatic heterocycles. The zero-order valence-electron chi connectivity index (χ0n) is 9.43. The van der Waals surface area contributed by atoms with Gasteiger partial charge in [0.25, 0.3) is 5.56 Å². The predicted molar refractivity (Wildman–Crippen MR) is 62.0 cm³/mol. The van der Waals surface area contributed by atoms with Crippen molar-refractivity contribution in [3.63, 3.8) is 0 Å². The molecule has 1 rings (SSSR count). The maximum Gasteiger partial charge on any atom is 0.268 e. The second kappa shape index (κ2) is 5.32. The van der Waals surface area contributed by atoms with Gasteiger partial charge in [0.05, 0.1) is 5.56 Å². The molecular formula is C10H16N4O2. The average Bonchev–Trinajstić information content (AvgIpc) is 2.20. The molecule has 1 heterocycles. The van der Waals surface area contributed by atoms with Crippen LogP contribution < -0.4 is 16.7 Å². The van der Waals surface area contributed by atoms with Gasteiger partial charge < -0.3 is 16.1 Å². The highest BCUT2D eigenvalue weighted by atomic mass is 16.1. The molecule has 0 fully saturated rings. The van der Waals surface area contributed by atoms with E-state index in [1.165, 1.54) is 23.0 Å². The molecule has 0 bridgehead atoms. The molecule has 0 aliphatic rings. The van der Waals surface area contributed by atoms with Gasteiger partial charge in [-0.05, 0) is 20.2 Å². The quantitative estimate of drug-likeness (QED) is 0.676. The Morgan fingerprint density at radius 1 is 1.50 bits per heavy atom. The smallest absolute Gasteiger partial charge is 0.268 e. The largest absolute Gasteiger partial charge is 0.366 e. The van der Waals surface area contributed by atoms with Crippen molar-refractivity contribution in [2.45, 2.75) is 0 Å². The van der Waals surface area contributed by atoms with E-state index in [0.717, 1.165) is 6.54 Å². The Balaban J connectivity index is 2.75. The number of nitrogens with zero attached hydrogens (tertiary/aromatic N) is 2. The van der Waals surface area contributed by atoms with Crippen LogP contribution in [0.25, 0.3) is 0 Å². The first-order chi connectivity index (χ1) is 7.50. The summed E-state index contributed by atoms with van der Waals surface area (Å²) in [6.45, 7) is 1.39.